The molecule has 0 bridgehead atoms. The minimum atomic E-state index is -3.38. The van der Waals surface area contributed by atoms with Gasteiger partial charge in [-0.15, -0.1) is 0 Å². The van der Waals surface area contributed by atoms with Crippen molar-refractivity contribution in [2.75, 3.05) is 19.6 Å². The maximum atomic E-state index is 12.6. The van der Waals surface area contributed by atoms with Crippen LogP contribution in [-0.2, 0) is 10.0 Å². The molecule has 1 aliphatic heterocycles. The summed E-state index contributed by atoms with van der Waals surface area (Å²) in [6.07, 6.45) is 6.43. The first kappa shape index (κ1) is 14.4. The van der Waals surface area contributed by atoms with E-state index in [-0.39, 0.29) is 5.92 Å². The number of sulfonamides is 1. The molecule has 106 valence electrons. The molecule has 0 radical (unpaired) electrons. The largest absolute Gasteiger partial charge is 0.330 e. The number of nitrogens with zero attached hydrogens (tertiary/aromatic N) is 3. The van der Waals surface area contributed by atoms with Crippen LogP contribution in [0.25, 0.3) is 0 Å². The number of piperidine rings is 1. The van der Waals surface area contributed by atoms with Crippen molar-refractivity contribution in [2.45, 2.75) is 25.0 Å². The van der Waals surface area contributed by atoms with Gasteiger partial charge in [0.1, 0.15) is 5.25 Å². The molecule has 1 aliphatic rings. The Hall–Kier alpha value is -1.05. The molecule has 0 unspecified atom stereocenters. The van der Waals surface area contributed by atoms with E-state index in [1.165, 1.54) is 18.6 Å². The van der Waals surface area contributed by atoms with Crippen molar-refractivity contribution in [2.24, 2.45) is 11.7 Å². The highest BCUT2D eigenvalue weighted by Gasteiger charge is 2.34. The lowest BCUT2D eigenvalue weighted by Gasteiger charge is -2.32. The monoisotopic (exact) mass is 284 g/mol. The Kier molecular flexibility index (Phi) is 4.49. The van der Waals surface area contributed by atoms with Crippen LogP contribution in [0, 0.1) is 5.92 Å². The lowest BCUT2D eigenvalue weighted by Crippen LogP contribution is -2.43. The average molecular weight is 284 g/mol. The average Bonchev–Trinajstić information content (AvgIpc) is 2.47. The van der Waals surface area contributed by atoms with E-state index in [0.717, 1.165) is 12.8 Å². The van der Waals surface area contributed by atoms with E-state index in [2.05, 4.69) is 9.97 Å². The van der Waals surface area contributed by atoms with E-state index in [9.17, 15) is 8.42 Å². The number of aromatic nitrogens is 2. The molecule has 1 aromatic rings. The molecule has 0 amide bonds. The third kappa shape index (κ3) is 3.10. The fraction of sp³-hybridized carbons (Fsp3) is 0.667. The van der Waals surface area contributed by atoms with Crippen LogP contribution in [0.4, 0.5) is 0 Å². The van der Waals surface area contributed by atoms with Crippen molar-refractivity contribution in [3.8, 4) is 0 Å². The van der Waals surface area contributed by atoms with Crippen molar-refractivity contribution < 1.29 is 8.42 Å². The van der Waals surface area contributed by atoms with E-state index in [4.69, 9.17) is 5.73 Å². The SMILES string of the molecule is C[C@H](c1cnccn1)S(=O)(=O)N1CCC[C@@H](CN)C1. The van der Waals surface area contributed by atoms with Crippen molar-refractivity contribution in [3.63, 3.8) is 0 Å². The zero-order chi connectivity index (χ0) is 13.9. The summed E-state index contributed by atoms with van der Waals surface area (Å²) < 4.78 is 26.7. The van der Waals surface area contributed by atoms with Gasteiger partial charge in [-0.25, -0.2) is 12.7 Å². The van der Waals surface area contributed by atoms with E-state index in [1.54, 1.807) is 11.2 Å². The summed E-state index contributed by atoms with van der Waals surface area (Å²) in [7, 11) is -3.38. The van der Waals surface area contributed by atoms with Gasteiger partial charge in [0, 0.05) is 31.7 Å². The summed E-state index contributed by atoms with van der Waals surface area (Å²) in [5.41, 5.74) is 6.14. The minimum Gasteiger partial charge on any atom is -0.330 e. The second-order valence-electron chi connectivity index (χ2n) is 4.92. The molecule has 7 heteroatoms. The highest BCUT2D eigenvalue weighted by atomic mass is 32.2. The first-order chi connectivity index (χ1) is 9.05. The molecule has 19 heavy (non-hydrogen) atoms. The lowest BCUT2D eigenvalue weighted by atomic mass is 10.0. The van der Waals surface area contributed by atoms with E-state index < -0.39 is 15.3 Å². The van der Waals surface area contributed by atoms with Gasteiger partial charge in [0.15, 0.2) is 0 Å². The highest BCUT2D eigenvalue weighted by Crippen LogP contribution is 2.27. The maximum absolute atomic E-state index is 12.6. The van der Waals surface area contributed by atoms with Crippen LogP contribution in [0.1, 0.15) is 30.7 Å². The number of hydrogen-bond acceptors (Lipinski definition) is 5. The number of nitrogens with two attached hydrogens (primary N) is 1. The molecule has 0 spiro atoms. The topological polar surface area (TPSA) is 89.2 Å². The summed E-state index contributed by atoms with van der Waals surface area (Å²) in [5.74, 6) is 0.262. The Morgan fingerprint density at radius 1 is 1.53 bits per heavy atom. The molecule has 0 aromatic carbocycles. The third-order valence-electron chi connectivity index (χ3n) is 3.62. The molecular weight excluding hydrogens is 264 g/mol. The molecular formula is C12H20N4O2S. The normalized spacial score (nSPS) is 23.2. The molecule has 1 aromatic heterocycles. The molecule has 2 atom stereocenters. The van der Waals surface area contributed by atoms with Gasteiger partial charge < -0.3 is 5.73 Å². The van der Waals surface area contributed by atoms with Crippen molar-refractivity contribution in [3.05, 3.63) is 24.3 Å². The van der Waals surface area contributed by atoms with E-state index in [0.29, 0.717) is 25.3 Å². The molecule has 0 aliphatic carbocycles. The van der Waals surface area contributed by atoms with Gasteiger partial charge in [-0.2, -0.15) is 0 Å². The van der Waals surface area contributed by atoms with Crippen LogP contribution >= 0.6 is 0 Å². The van der Waals surface area contributed by atoms with Crippen molar-refractivity contribution >= 4 is 10.0 Å². The fourth-order valence-electron chi connectivity index (χ4n) is 2.35. The van der Waals surface area contributed by atoms with Crippen molar-refractivity contribution in [1.29, 1.82) is 0 Å². The number of rotatable bonds is 4. The van der Waals surface area contributed by atoms with Gasteiger partial charge in [0.25, 0.3) is 0 Å². The smallest absolute Gasteiger partial charge is 0.222 e. The van der Waals surface area contributed by atoms with Crippen molar-refractivity contribution in [1.82, 2.24) is 14.3 Å². The Morgan fingerprint density at radius 3 is 2.95 bits per heavy atom. The molecule has 2 rings (SSSR count). The summed E-state index contributed by atoms with van der Waals surface area (Å²) in [6.45, 7) is 3.28. The van der Waals surface area contributed by atoms with Crippen LogP contribution in [0.2, 0.25) is 0 Å². The predicted octanol–water partition coefficient (Wildman–Crippen LogP) is 0.538. The highest BCUT2D eigenvalue weighted by molar-refractivity contribution is 7.89. The molecule has 6 nitrogen and oxygen atoms in total. The zero-order valence-electron chi connectivity index (χ0n) is 11.1. The summed E-state index contributed by atoms with van der Waals surface area (Å²) in [5, 5.41) is -0.669. The Morgan fingerprint density at radius 2 is 2.32 bits per heavy atom. The Balaban J connectivity index is 2.18. The van der Waals surface area contributed by atoms with E-state index >= 15 is 0 Å². The third-order valence-corrected chi connectivity index (χ3v) is 5.81. The summed E-state index contributed by atoms with van der Waals surface area (Å²) >= 11 is 0. The quantitative estimate of drug-likeness (QED) is 0.871. The zero-order valence-corrected chi connectivity index (χ0v) is 11.9. The molecule has 1 saturated heterocycles. The van der Waals surface area contributed by atoms with Gasteiger partial charge >= 0.3 is 0 Å². The van der Waals surface area contributed by atoms with Gasteiger partial charge in [-0.1, -0.05) is 0 Å². The molecule has 0 saturated carbocycles. The molecule has 1 fully saturated rings. The van der Waals surface area contributed by atoms with Crippen LogP contribution in [-0.4, -0.2) is 42.3 Å². The number of hydrogen-bond donors (Lipinski definition) is 1. The van der Waals surface area contributed by atoms with Gasteiger partial charge in [0.05, 0.1) is 5.69 Å². The minimum absolute atomic E-state index is 0.262. The van der Waals surface area contributed by atoms with E-state index in [1.807, 2.05) is 0 Å². The first-order valence-electron chi connectivity index (χ1n) is 6.50. The Bertz CT molecular complexity index is 506. The molecule has 2 N–H and O–H groups in total. The van der Waals surface area contributed by atoms with Crippen LogP contribution in [0.3, 0.4) is 0 Å². The standard InChI is InChI=1S/C12H20N4O2S/c1-10(12-8-14-4-5-15-12)19(17,18)16-6-2-3-11(7-13)9-16/h4-5,8,10-11H,2-3,6-7,9,13H2,1H3/t10-,11+/m1/s1. The predicted molar refractivity (Wildman–Crippen MR) is 72.7 cm³/mol. The lowest BCUT2D eigenvalue weighted by molar-refractivity contribution is 0.269. The molecule has 2 heterocycles. The van der Waals surface area contributed by atoms with Crippen LogP contribution < -0.4 is 5.73 Å². The Labute approximate surface area is 114 Å². The van der Waals surface area contributed by atoms with Crippen LogP contribution in [0.5, 0.6) is 0 Å². The first-order valence-corrected chi connectivity index (χ1v) is 8.01. The fourth-order valence-corrected chi connectivity index (χ4v) is 4.02. The van der Waals surface area contributed by atoms with Gasteiger partial charge in [-0.3, -0.25) is 9.97 Å². The van der Waals surface area contributed by atoms with Crippen LogP contribution in [0.15, 0.2) is 18.6 Å². The summed E-state index contributed by atoms with van der Waals surface area (Å²) in [6, 6.07) is 0. The van der Waals surface area contributed by atoms with Gasteiger partial charge in [0.2, 0.25) is 10.0 Å². The summed E-state index contributed by atoms with van der Waals surface area (Å²) in [4.78, 5) is 8.02. The second kappa shape index (κ2) is 5.94. The van der Waals surface area contributed by atoms with Gasteiger partial charge in [-0.05, 0) is 32.2 Å². The second-order valence-corrected chi connectivity index (χ2v) is 7.17. The maximum Gasteiger partial charge on any atom is 0.222 e.